The van der Waals surface area contributed by atoms with Crippen molar-refractivity contribution in [3.63, 3.8) is 0 Å². The van der Waals surface area contributed by atoms with Gasteiger partial charge in [-0.2, -0.15) is 0 Å². The summed E-state index contributed by atoms with van der Waals surface area (Å²) >= 11 is 3.38. The zero-order valence-corrected chi connectivity index (χ0v) is 13.2. The Balaban J connectivity index is 1.58. The van der Waals surface area contributed by atoms with E-state index in [1.165, 1.54) is 6.42 Å². The molecule has 20 heavy (non-hydrogen) atoms. The number of likely N-dealkylation sites (tertiary alicyclic amines) is 1. The topological polar surface area (TPSA) is 42.4 Å². The van der Waals surface area contributed by atoms with Crippen molar-refractivity contribution in [3.8, 4) is 5.75 Å². The molecular formula is C15H19BrN2O2. The average Bonchev–Trinajstić information content (AvgIpc) is 2.83. The van der Waals surface area contributed by atoms with Crippen molar-refractivity contribution in [1.29, 1.82) is 0 Å². The summed E-state index contributed by atoms with van der Waals surface area (Å²) in [6, 6.07) is 1.91. The number of pyridine rings is 1. The van der Waals surface area contributed by atoms with Crippen LogP contribution in [0.2, 0.25) is 0 Å². The lowest BCUT2D eigenvalue weighted by Gasteiger charge is -2.39. The minimum atomic E-state index is -0.105. The standard InChI is InChI=1S/C15H19BrN2O2/c1-15(4-2-5-15)14(19)18-6-3-12(10-18)20-13-7-11(16)8-17-9-13/h7-9,12H,2-6,10H2,1H3/t12-/m1/s1. The zero-order chi connectivity index (χ0) is 14.2. The van der Waals surface area contributed by atoms with Gasteiger partial charge in [0.1, 0.15) is 11.9 Å². The SMILES string of the molecule is CC1(C(=O)N2CC[C@@H](Oc3cncc(Br)c3)C2)CCC1. The fourth-order valence-electron chi connectivity index (χ4n) is 2.96. The van der Waals surface area contributed by atoms with Crippen molar-refractivity contribution in [2.24, 2.45) is 5.41 Å². The van der Waals surface area contributed by atoms with Crippen LogP contribution in [-0.4, -0.2) is 35.0 Å². The van der Waals surface area contributed by atoms with Crippen molar-refractivity contribution in [1.82, 2.24) is 9.88 Å². The van der Waals surface area contributed by atoms with E-state index in [2.05, 4.69) is 27.8 Å². The number of aromatic nitrogens is 1. The van der Waals surface area contributed by atoms with Crippen molar-refractivity contribution in [3.05, 3.63) is 22.9 Å². The molecule has 2 aliphatic rings. The quantitative estimate of drug-likeness (QED) is 0.850. The summed E-state index contributed by atoms with van der Waals surface area (Å²) in [7, 11) is 0. The van der Waals surface area contributed by atoms with Crippen LogP contribution < -0.4 is 4.74 Å². The number of hydrogen-bond acceptors (Lipinski definition) is 3. The lowest BCUT2D eigenvalue weighted by Crippen LogP contribution is -2.45. The van der Waals surface area contributed by atoms with Gasteiger partial charge in [0.15, 0.2) is 0 Å². The molecule has 1 saturated heterocycles. The van der Waals surface area contributed by atoms with E-state index in [0.717, 1.165) is 36.0 Å². The van der Waals surface area contributed by atoms with Crippen LogP contribution in [0.4, 0.5) is 0 Å². The van der Waals surface area contributed by atoms with Crippen LogP contribution in [0.3, 0.4) is 0 Å². The summed E-state index contributed by atoms with van der Waals surface area (Å²) in [6.45, 7) is 3.59. The van der Waals surface area contributed by atoms with Crippen LogP contribution >= 0.6 is 15.9 Å². The Morgan fingerprint density at radius 3 is 2.95 bits per heavy atom. The van der Waals surface area contributed by atoms with Gasteiger partial charge in [-0.1, -0.05) is 13.3 Å². The van der Waals surface area contributed by atoms with E-state index in [-0.39, 0.29) is 11.5 Å². The van der Waals surface area contributed by atoms with Gasteiger partial charge in [-0.25, -0.2) is 0 Å². The molecule has 0 unspecified atom stereocenters. The summed E-state index contributed by atoms with van der Waals surface area (Å²) in [5, 5.41) is 0. The molecule has 2 fully saturated rings. The van der Waals surface area contributed by atoms with Crippen molar-refractivity contribution >= 4 is 21.8 Å². The summed E-state index contributed by atoms with van der Waals surface area (Å²) in [6.07, 6.45) is 7.66. The predicted molar refractivity (Wildman–Crippen MR) is 79.5 cm³/mol. The number of hydrogen-bond donors (Lipinski definition) is 0. The van der Waals surface area contributed by atoms with E-state index in [4.69, 9.17) is 4.74 Å². The lowest BCUT2D eigenvalue weighted by atomic mass is 9.69. The van der Waals surface area contributed by atoms with Gasteiger partial charge in [-0.3, -0.25) is 9.78 Å². The van der Waals surface area contributed by atoms with Crippen LogP contribution in [0, 0.1) is 5.41 Å². The molecule has 0 aromatic carbocycles. The van der Waals surface area contributed by atoms with Crippen LogP contribution in [0.1, 0.15) is 32.6 Å². The predicted octanol–water partition coefficient (Wildman–Crippen LogP) is 3.01. The van der Waals surface area contributed by atoms with Crippen LogP contribution in [0.15, 0.2) is 22.9 Å². The van der Waals surface area contributed by atoms with Crippen LogP contribution in [-0.2, 0) is 4.79 Å². The monoisotopic (exact) mass is 338 g/mol. The maximum atomic E-state index is 12.5. The van der Waals surface area contributed by atoms with Gasteiger partial charge in [0.25, 0.3) is 0 Å². The number of halogens is 1. The Hall–Kier alpha value is -1.10. The van der Waals surface area contributed by atoms with Gasteiger partial charge in [-0.15, -0.1) is 0 Å². The van der Waals surface area contributed by atoms with Gasteiger partial charge < -0.3 is 9.64 Å². The molecule has 1 aromatic heterocycles. The third-order valence-electron chi connectivity index (χ3n) is 4.39. The zero-order valence-electron chi connectivity index (χ0n) is 11.6. The Kier molecular flexibility index (Phi) is 3.71. The number of ether oxygens (including phenoxy) is 1. The molecule has 1 amide bonds. The summed E-state index contributed by atoms with van der Waals surface area (Å²) < 4.78 is 6.82. The smallest absolute Gasteiger partial charge is 0.228 e. The molecule has 1 atom stereocenters. The van der Waals surface area contributed by atoms with Gasteiger partial charge in [0.2, 0.25) is 5.91 Å². The third kappa shape index (κ3) is 2.68. The second-order valence-corrected chi connectivity index (χ2v) is 6.95. The molecule has 2 heterocycles. The second kappa shape index (κ2) is 5.35. The normalized spacial score (nSPS) is 24.3. The Labute approximate surface area is 127 Å². The van der Waals surface area contributed by atoms with E-state index >= 15 is 0 Å². The highest BCUT2D eigenvalue weighted by atomic mass is 79.9. The van der Waals surface area contributed by atoms with Gasteiger partial charge in [0.05, 0.1) is 12.7 Å². The molecule has 1 aromatic rings. The first kappa shape index (κ1) is 13.9. The summed E-state index contributed by atoms with van der Waals surface area (Å²) in [5.41, 5.74) is -0.105. The number of carbonyl (C=O) groups excluding carboxylic acids is 1. The van der Waals surface area contributed by atoms with Gasteiger partial charge >= 0.3 is 0 Å². The maximum Gasteiger partial charge on any atom is 0.228 e. The molecule has 0 N–H and O–H groups in total. The molecular weight excluding hydrogens is 320 g/mol. The van der Waals surface area contributed by atoms with E-state index in [9.17, 15) is 4.79 Å². The van der Waals surface area contributed by atoms with E-state index in [0.29, 0.717) is 12.5 Å². The van der Waals surface area contributed by atoms with E-state index < -0.39 is 0 Å². The third-order valence-corrected chi connectivity index (χ3v) is 4.82. The molecule has 3 rings (SSSR count). The number of amides is 1. The highest BCUT2D eigenvalue weighted by molar-refractivity contribution is 9.10. The Morgan fingerprint density at radius 2 is 2.30 bits per heavy atom. The second-order valence-electron chi connectivity index (χ2n) is 6.03. The first-order chi connectivity index (χ1) is 9.57. The highest BCUT2D eigenvalue weighted by Crippen LogP contribution is 2.42. The summed E-state index contributed by atoms with van der Waals surface area (Å²) in [5.74, 6) is 1.07. The number of rotatable bonds is 3. The Morgan fingerprint density at radius 1 is 1.50 bits per heavy atom. The van der Waals surface area contributed by atoms with Gasteiger partial charge in [0, 0.05) is 29.1 Å². The number of nitrogens with zero attached hydrogens (tertiary/aromatic N) is 2. The van der Waals surface area contributed by atoms with Crippen molar-refractivity contribution in [2.75, 3.05) is 13.1 Å². The summed E-state index contributed by atoms with van der Waals surface area (Å²) in [4.78, 5) is 18.5. The molecule has 0 radical (unpaired) electrons. The van der Waals surface area contributed by atoms with Crippen LogP contribution in [0.25, 0.3) is 0 Å². The minimum Gasteiger partial charge on any atom is -0.487 e. The average molecular weight is 339 g/mol. The Bertz CT molecular complexity index is 516. The fraction of sp³-hybridized carbons (Fsp3) is 0.600. The molecule has 4 nitrogen and oxygen atoms in total. The van der Waals surface area contributed by atoms with Crippen molar-refractivity contribution < 1.29 is 9.53 Å². The molecule has 1 aliphatic carbocycles. The fourth-order valence-corrected chi connectivity index (χ4v) is 3.30. The highest BCUT2D eigenvalue weighted by Gasteiger charge is 2.43. The first-order valence-electron chi connectivity index (χ1n) is 7.13. The lowest BCUT2D eigenvalue weighted by molar-refractivity contribution is -0.145. The van der Waals surface area contributed by atoms with Crippen molar-refractivity contribution in [2.45, 2.75) is 38.7 Å². The van der Waals surface area contributed by atoms with E-state index in [1.54, 1.807) is 12.4 Å². The molecule has 5 heteroatoms. The largest absolute Gasteiger partial charge is 0.487 e. The van der Waals surface area contributed by atoms with Crippen LogP contribution in [0.5, 0.6) is 5.75 Å². The minimum absolute atomic E-state index is 0.0822. The molecule has 0 bridgehead atoms. The maximum absolute atomic E-state index is 12.5. The first-order valence-corrected chi connectivity index (χ1v) is 7.93. The molecule has 1 saturated carbocycles. The molecule has 1 aliphatic heterocycles. The van der Waals surface area contributed by atoms with E-state index in [1.807, 2.05) is 11.0 Å². The van der Waals surface area contributed by atoms with Gasteiger partial charge in [-0.05, 0) is 34.8 Å². The molecule has 0 spiro atoms. The molecule has 108 valence electrons. The number of carbonyl (C=O) groups is 1.